The molecule has 0 amide bonds. The molecule has 0 bridgehead atoms. The monoisotopic (exact) mass is 1060 g/mol. The van der Waals surface area contributed by atoms with E-state index in [0.29, 0.717) is 0 Å². The van der Waals surface area contributed by atoms with Crippen molar-refractivity contribution in [2.24, 2.45) is 0 Å². The fourth-order valence-electron chi connectivity index (χ4n) is 13.4. The molecular formula is C79H62BN3. The highest BCUT2D eigenvalue weighted by Crippen LogP contribution is 2.50. The lowest BCUT2D eigenvalue weighted by molar-refractivity contribution is 0.590. The molecule has 0 atom stereocenters. The van der Waals surface area contributed by atoms with Crippen LogP contribution in [0.5, 0.6) is 0 Å². The number of fused-ring (bicyclic) bond motifs is 7. The van der Waals surface area contributed by atoms with Crippen molar-refractivity contribution >= 4 is 79.0 Å². The Labute approximate surface area is 488 Å². The van der Waals surface area contributed by atoms with Crippen molar-refractivity contribution in [1.29, 1.82) is 0 Å². The quantitative estimate of drug-likeness (QED) is 0.134. The Morgan fingerprint density at radius 3 is 1.14 bits per heavy atom. The van der Waals surface area contributed by atoms with Crippen LogP contribution in [0.4, 0.5) is 34.1 Å². The number of rotatable bonds is 9. The highest BCUT2D eigenvalue weighted by Gasteiger charge is 2.45. The molecule has 0 N–H and O–H groups in total. The molecule has 13 aromatic rings. The maximum atomic E-state index is 2.64. The molecule has 3 heterocycles. The molecule has 396 valence electrons. The molecular weight excluding hydrogens is 1000 g/mol. The minimum absolute atomic E-state index is 0.140. The van der Waals surface area contributed by atoms with Crippen LogP contribution in [0.15, 0.2) is 279 Å². The van der Waals surface area contributed by atoms with Crippen LogP contribution in [0.3, 0.4) is 0 Å². The van der Waals surface area contributed by atoms with Gasteiger partial charge in [-0.2, -0.15) is 0 Å². The van der Waals surface area contributed by atoms with Crippen molar-refractivity contribution in [3.8, 4) is 61.3 Å². The van der Waals surface area contributed by atoms with Gasteiger partial charge in [0, 0.05) is 50.6 Å². The van der Waals surface area contributed by atoms with E-state index in [1.54, 1.807) is 0 Å². The van der Waals surface area contributed by atoms with Crippen molar-refractivity contribution in [2.45, 2.75) is 46.0 Å². The standard InChI is InChI=1S/C79H62BN3/c1-52(2)68-51-75-71(50-69(68)57-33-19-10-20-34-57)80-70-40-39-63(81-72-37-23-21-35-66(72)67-36-22-24-38-73(67)81)49-74(70)82(64-43-58(53-25-11-6-12-26-53)41-59(44-64)54-27-13-7-14-28-54)76-47-62(79(3,4)5)48-77(78(76)80)83(75)65-45-60(55-29-15-8-16-30-55)42-61(46-65)56-31-17-9-18-32-56/h6-52H,1-5H3. The lowest BCUT2D eigenvalue weighted by Crippen LogP contribution is -2.61. The molecule has 0 aliphatic carbocycles. The molecule has 0 spiro atoms. The molecule has 12 aromatic carbocycles. The molecule has 0 unspecified atom stereocenters. The van der Waals surface area contributed by atoms with Gasteiger partial charge < -0.3 is 14.4 Å². The van der Waals surface area contributed by atoms with E-state index in [4.69, 9.17) is 0 Å². The highest BCUT2D eigenvalue weighted by atomic mass is 15.2. The van der Waals surface area contributed by atoms with Gasteiger partial charge in [-0.05, 0) is 173 Å². The van der Waals surface area contributed by atoms with Crippen molar-refractivity contribution < 1.29 is 0 Å². The van der Waals surface area contributed by atoms with Crippen molar-refractivity contribution in [3.63, 3.8) is 0 Å². The van der Waals surface area contributed by atoms with Gasteiger partial charge in [0.25, 0.3) is 6.71 Å². The second-order valence-electron chi connectivity index (χ2n) is 23.9. The lowest BCUT2D eigenvalue weighted by Gasteiger charge is -2.46. The Morgan fingerprint density at radius 1 is 0.325 bits per heavy atom. The zero-order chi connectivity index (χ0) is 55.9. The number of nitrogens with zero attached hydrogens (tertiary/aromatic N) is 3. The number of hydrogen-bond donors (Lipinski definition) is 0. The number of hydrogen-bond acceptors (Lipinski definition) is 2. The average Bonchev–Trinajstić information content (AvgIpc) is 1.77. The van der Waals surface area contributed by atoms with Crippen molar-refractivity contribution in [1.82, 2.24) is 4.57 Å². The molecule has 1 aromatic heterocycles. The number of benzene rings is 12. The maximum absolute atomic E-state index is 2.64. The zero-order valence-corrected chi connectivity index (χ0v) is 47.6. The molecule has 15 rings (SSSR count). The Balaban J connectivity index is 1.09. The van der Waals surface area contributed by atoms with Gasteiger partial charge in [-0.25, -0.2) is 0 Å². The van der Waals surface area contributed by atoms with Crippen LogP contribution in [0.1, 0.15) is 51.7 Å². The third-order valence-electron chi connectivity index (χ3n) is 17.4. The van der Waals surface area contributed by atoms with Crippen LogP contribution in [0.2, 0.25) is 0 Å². The summed E-state index contributed by atoms with van der Waals surface area (Å²) in [5, 5.41) is 2.49. The summed E-state index contributed by atoms with van der Waals surface area (Å²) in [6.07, 6.45) is 0. The van der Waals surface area contributed by atoms with Crippen LogP contribution >= 0.6 is 0 Å². The molecule has 0 fully saturated rings. The van der Waals surface area contributed by atoms with Crippen LogP contribution in [0, 0.1) is 0 Å². The van der Waals surface area contributed by atoms with E-state index in [9.17, 15) is 0 Å². The first kappa shape index (κ1) is 50.1. The Hall–Kier alpha value is -9.90. The van der Waals surface area contributed by atoms with Gasteiger partial charge in [0.15, 0.2) is 0 Å². The van der Waals surface area contributed by atoms with Gasteiger partial charge in [-0.15, -0.1) is 0 Å². The Bertz CT molecular complexity index is 4450. The molecule has 83 heavy (non-hydrogen) atoms. The largest absolute Gasteiger partial charge is 0.311 e. The van der Waals surface area contributed by atoms with Crippen LogP contribution in [0.25, 0.3) is 83.1 Å². The van der Waals surface area contributed by atoms with Gasteiger partial charge >= 0.3 is 0 Å². The van der Waals surface area contributed by atoms with Gasteiger partial charge in [0.2, 0.25) is 0 Å². The molecule has 0 saturated heterocycles. The first-order valence-corrected chi connectivity index (χ1v) is 29.3. The minimum Gasteiger partial charge on any atom is -0.311 e. The molecule has 0 saturated carbocycles. The predicted molar refractivity (Wildman–Crippen MR) is 355 cm³/mol. The van der Waals surface area contributed by atoms with Gasteiger partial charge in [-0.3, -0.25) is 0 Å². The number of aromatic nitrogens is 1. The molecule has 3 nitrogen and oxygen atoms in total. The van der Waals surface area contributed by atoms with Gasteiger partial charge in [-0.1, -0.05) is 235 Å². The smallest absolute Gasteiger partial charge is 0.252 e. The second-order valence-corrected chi connectivity index (χ2v) is 23.9. The van der Waals surface area contributed by atoms with Crippen molar-refractivity contribution in [3.05, 3.63) is 290 Å². The van der Waals surface area contributed by atoms with E-state index < -0.39 is 0 Å². The Morgan fingerprint density at radius 2 is 0.723 bits per heavy atom. The van der Waals surface area contributed by atoms with E-state index >= 15 is 0 Å². The fraction of sp³-hybridized carbons (Fsp3) is 0.0886. The number of anilines is 6. The molecule has 4 heteroatoms. The molecule has 0 radical (unpaired) electrons. The van der Waals surface area contributed by atoms with E-state index in [-0.39, 0.29) is 18.0 Å². The van der Waals surface area contributed by atoms with E-state index in [2.05, 4.69) is 328 Å². The SMILES string of the molecule is CC(C)c1cc2c(cc1-c1ccccc1)B1c3ccc(-n4c5ccccc5c5ccccc54)cc3N(c3cc(-c4ccccc4)cc(-c4ccccc4)c3)c3cc(C(C)(C)C)cc(c31)N2c1cc(-c2ccccc2)cc(-c2ccccc2)c1. The Kier molecular flexibility index (Phi) is 12.1. The summed E-state index contributed by atoms with van der Waals surface area (Å²) in [5.41, 5.74) is 28.5. The minimum atomic E-state index is -0.230. The first-order chi connectivity index (χ1) is 40.6. The average molecular weight is 1060 g/mol. The number of para-hydroxylation sites is 2. The normalized spacial score (nSPS) is 12.7. The topological polar surface area (TPSA) is 11.4 Å². The summed E-state index contributed by atoms with van der Waals surface area (Å²) >= 11 is 0. The van der Waals surface area contributed by atoms with E-state index in [1.165, 1.54) is 111 Å². The molecule has 2 aliphatic heterocycles. The summed E-state index contributed by atoms with van der Waals surface area (Å²) in [5.74, 6) is 0.240. The summed E-state index contributed by atoms with van der Waals surface area (Å²) in [6.45, 7) is 11.7. The second kappa shape index (κ2) is 20.0. The summed E-state index contributed by atoms with van der Waals surface area (Å²) < 4.78 is 2.48. The van der Waals surface area contributed by atoms with Gasteiger partial charge in [0.05, 0.1) is 11.0 Å². The van der Waals surface area contributed by atoms with Crippen molar-refractivity contribution in [2.75, 3.05) is 9.80 Å². The fourth-order valence-corrected chi connectivity index (χ4v) is 13.4. The van der Waals surface area contributed by atoms with Gasteiger partial charge in [0.1, 0.15) is 0 Å². The van der Waals surface area contributed by atoms with E-state index in [0.717, 1.165) is 33.9 Å². The maximum Gasteiger partial charge on any atom is 0.252 e. The van der Waals surface area contributed by atoms with Crippen LogP contribution < -0.4 is 26.2 Å². The summed E-state index contributed by atoms with van der Waals surface area (Å²) in [7, 11) is 0. The first-order valence-electron chi connectivity index (χ1n) is 29.3. The van der Waals surface area contributed by atoms with Crippen LogP contribution in [-0.2, 0) is 5.41 Å². The molecule has 2 aliphatic rings. The van der Waals surface area contributed by atoms with E-state index in [1.807, 2.05) is 0 Å². The summed E-state index contributed by atoms with van der Waals surface area (Å²) in [4.78, 5) is 5.28. The third-order valence-corrected chi connectivity index (χ3v) is 17.4. The lowest BCUT2D eigenvalue weighted by atomic mass is 9.33. The third kappa shape index (κ3) is 8.59. The highest BCUT2D eigenvalue weighted by molar-refractivity contribution is 7.00. The predicted octanol–water partition coefficient (Wildman–Crippen LogP) is 19.6. The zero-order valence-electron chi connectivity index (χ0n) is 47.6. The summed E-state index contributed by atoms with van der Waals surface area (Å²) in [6, 6.07) is 105. The van der Waals surface area contributed by atoms with Crippen LogP contribution in [-0.4, -0.2) is 11.3 Å².